The number of nitrogens with zero attached hydrogens (tertiary/aromatic N) is 1. The largest absolute Gasteiger partial charge is 0.497 e. The molecule has 3 rings (SSSR count). The van der Waals surface area contributed by atoms with Crippen LogP contribution in [0.5, 0.6) is 5.75 Å². The van der Waals surface area contributed by atoms with E-state index in [9.17, 15) is 4.79 Å². The van der Waals surface area contributed by atoms with Crippen LogP contribution in [0.4, 0.5) is 0 Å². The number of furan rings is 1. The minimum Gasteiger partial charge on any atom is -0.497 e. The number of benzene rings is 1. The Labute approximate surface area is 123 Å². The number of methoxy groups -OCH3 is 1. The van der Waals surface area contributed by atoms with Crippen molar-refractivity contribution < 1.29 is 13.9 Å². The van der Waals surface area contributed by atoms with Crippen molar-refractivity contribution in [2.75, 3.05) is 13.7 Å². The van der Waals surface area contributed by atoms with Gasteiger partial charge in [0, 0.05) is 19.2 Å². The van der Waals surface area contributed by atoms with Gasteiger partial charge in [-0.25, -0.2) is 0 Å². The molecule has 0 bridgehead atoms. The zero-order valence-corrected chi connectivity index (χ0v) is 11.9. The summed E-state index contributed by atoms with van der Waals surface area (Å²) in [6, 6.07) is 9.67. The van der Waals surface area contributed by atoms with Crippen molar-refractivity contribution >= 4 is 12.0 Å². The van der Waals surface area contributed by atoms with Gasteiger partial charge in [0.25, 0.3) is 0 Å². The first kappa shape index (κ1) is 13.5. The highest BCUT2D eigenvalue weighted by Gasteiger charge is 2.19. The van der Waals surface area contributed by atoms with Crippen molar-refractivity contribution in [1.29, 1.82) is 0 Å². The first-order chi connectivity index (χ1) is 10.3. The van der Waals surface area contributed by atoms with Crippen LogP contribution in [0.25, 0.3) is 6.08 Å². The van der Waals surface area contributed by atoms with E-state index in [0.717, 1.165) is 24.3 Å². The third-order valence-corrected chi connectivity index (χ3v) is 3.67. The average molecular weight is 283 g/mol. The Hall–Kier alpha value is -2.49. The molecule has 1 aliphatic rings. The fourth-order valence-corrected chi connectivity index (χ4v) is 2.49. The summed E-state index contributed by atoms with van der Waals surface area (Å²) in [6.45, 7) is 1.36. The van der Waals surface area contributed by atoms with Gasteiger partial charge in [-0.3, -0.25) is 4.79 Å². The summed E-state index contributed by atoms with van der Waals surface area (Å²) in [7, 11) is 1.65. The third-order valence-electron chi connectivity index (χ3n) is 3.67. The number of hydrogen-bond donors (Lipinski definition) is 0. The van der Waals surface area contributed by atoms with Gasteiger partial charge >= 0.3 is 0 Å². The molecule has 0 saturated heterocycles. The lowest BCUT2D eigenvalue weighted by atomic mass is 9.99. The van der Waals surface area contributed by atoms with Crippen molar-refractivity contribution in [1.82, 2.24) is 4.90 Å². The molecule has 2 aromatic rings. The smallest absolute Gasteiger partial charge is 0.246 e. The summed E-state index contributed by atoms with van der Waals surface area (Å²) >= 11 is 0. The van der Waals surface area contributed by atoms with E-state index in [2.05, 4.69) is 6.07 Å². The molecular formula is C17H17NO3. The molecule has 1 aliphatic heterocycles. The van der Waals surface area contributed by atoms with Crippen molar-refractivity contribution in [3.8, 4) is 5.75 Å². The maximum Gasteiger partial charge on any atom is 0.246 e. The molecule has 0 atom stereocenters. The quantitative estimate of drug-likeness (QED) is 0.813. The minimum absolute atomic E-state index is 0.000120. The molecule has 4 heteroatoms. The van der Waals surface area contributed by atoms with Gasteiger partial charge in [0.1, 0.15) is 11.5 Å². The second-order valence-electron chi connectivity index (χ2n) is 4.99. The Bertz CT molecular complexity index is 659. The maximum absolute atomic E-state index is 12.2. The van der Waals surface area contributed by atoms with Crippen molar-refractivity contribution in [2.45, 2.75) is 13.0 Å². The average Bonchev–Trinajstić information content (AvgIpc) is 3.04. The molecule has 0 radical (unpaired) electrons. The molecule has 21 heavy (non-hydrogen) atoms. The summed E-state index contributed by atoms with van der Waals surface area (Å²) < 4.78 is 10.4. The molecule has 0 N–H and O–H groups in total. The van der Waals surface area contributed by atoms with E-state index in [-0.39, 0.29) is 5.91 Å². The lowest BCUT2D eigenvalue weighted by Gasteiger charge is -2.28. The Kier molecular flexibility index (Phi) is 3.77. The van der Waals surface area contributed by atoms with Gasteiger partial charge in [0.2, 0.25) is 5.91 Å². The predicted octanol–water partition coefficient (Wildman–Crippen LogP) is 2.89. The molecule has 0 aliphatic carbocycles. The summed E-state index contributed by atoms with van der Waals surface area (Å²) in [5.41, 5.74) is 2.44. The monoisotopic (exact) mass is 283 g/mol. The standard InChI is InChI=1S/C17H17NO3/c1-20-16-5-4-13-8-9-18(12-14(13)11-16)17(19)7-6-15-3-2-10-21-15/h2-7,10-11H,8-9,12H2,1H3/b7-6+. The number of rotatable bonds is 3. The van der Waals surface area contributed by atoms with Gasteiger partial charge in [-0.05, 0) is 47.9 Å². The van der Waals surface area contributed by atoms with E-state index in [0.29, 0.717) is 12.3 Å². The summed E-state index contributed by atoms with van der Waals surface area (Å²) in [4.78, 5) is 14.1. The van der Waals surface area contributed by atoms with Gasteiger partial charge in [0.05, 0.1) is 13.4 Å². The van der Waals surface area contributed by atoms with Gasteiger partial charge < -0.3 is 14.1 Å². The second kappa shape index (κ2) is 5.87. The van der Waals surface area contributed by atoms with Crippen molar-refractivity contribution in [2.24, 2.45) is 0 Å². The molecule has 2 heterocycles. The van der Waals surface area contributed by atoms with E-state index in [1.54, 1.807) is 31.6 Å². The third kappa shape index (κ3) is 2.99. The zero-order valence-electron chi connectivity index (χ0n) is 11.9. The van der Waals surface area contributed by atoms with Crippen LogP contribution in [0.15, 0.2) is 47.1 Å². The van der Waals surface area contributed by atoms with E-state index >= 15 is 0 Å². The van der Waals surface area contributed by atoms with Crippen LogP contribution in [0.3, 0.4) is 0 Å². The second-order valence-corrected chi connectivity index (χ2v) is 4.99. The predicted molar refractivity (Wildman–Crippen MR) is 79.9 cm³/mol. The van der Waals surface area contributed by atoms with Crippen LogP contribution in [0.2, 0.25) is 0 Å². The number of fused-ring (bicyclic) bond motifs is 1. The molecular weight excluding hydrogens is 266 g/mol. The first-order valence-electron chi connectivity index (χ1n) is 6.92. The van der Waals surface area contributed by atoms with Crippen LogP contribution in [0.1, 0.15) is 16.9 Å². The Morgan fingerprint density at radius 1 is 1.33 bits per heavy atom. The van der Waals surface area contributed by atoms with Gasteiger partial charge in [-0.1, -0.05) is 6.07 Å². The van der Waals surface area contributed by atoms with E-state index in [1.807, 2.05) is 23.1 Å². The van der Waals surface area contributed by atoms with Gasteiger partial charge in [-0.15, -0.1) is 0 Å². The number of hydrogen-bond acceptors (Lipinski definition) is 3. The number of carbonyl (C=O) groups excluding carboxylic acids is 1. The molecule has 0 unspecified atom stereocenters. The van der Waals surface area contributed by atoms with E-state index < -0.39 is 0 Å². The minimum atomic E-state index is -0.000120. The molecule has 0 spiro atoms. The van der Waals surface area contributed by atoms with Crippen molar-refractivity contribution in [3.63, 3.8) is 0 Å². The molecule has 0 saturated carbocycles. The van der Waals surface area contributed by atoms with Crippen molar-refractivity contribution in [3.05, 3.63) is 59.6 Å². The van der Waals surface area contributed by atoms with Gasteiger partial charge in [-0.2, -0.15) is 0 Å². The Balaban J connectivity index is 1.71. The van der Waals surface area contributed by atoms with E-state index in [4.69, 9.17) is 9.15 Å². The van der Waals surface area contributed by atoms with Crippen LogP contribution in [-0.4, -0.2) is 24.5 Å². The van der Waals surface area contributed by atoms with Crippen LogP contribution in [-0.2, 0) is 17.8 Å². The summed E-state index contributed by atoms with van der Waals surface area (Å²) in [6.07, 6.45) is 5.72. The first-order valence-corrected chi connectivity index (χ1v) is 6.92. The highest BCUT2D eigenvalue weighted by atomic mass is 16.5. The lowest BCUT2D eigenvalue weighted by Crippen LogP contribution is -2.34. The van der Waals surface area contributed by atoms with E-state index in [1.165, 1.54) is 5.56 Å². The maximum atomic E-state index is 12.2. The molecule has 108 valence electrons. The fourth-order valence-electron chi connectivity index (χ4n) is 2.49. The van der Waals surface area contributed by atoms with Crippen LogP contribution >= 0.6 is 0 Å². The molecule has 4 nitrogen and oxygen atoms in total. The summed E-state index contributed by atoms with van der Waals surface area (Å²) in [5.74, 6) is 1.51. The molecule has 0 fully saturated rings. The van der Waals surface area contributed by atoms with Gasteiger partial charge in [0.15, 0.2) is 0 Å². The highest BCUT2D eigenvalue weighted by Crippen LogP contribution is 2.24. The zero-order chi connectivity index (χ0) is 14.7. The number of ether oxygens (including phenoxy) is 1. The molecule has 1 amide bonds. The topological polar surface area (TPSA) is 42.7 Å². The Morgan fingerprint density at radius 2 is 2.24 bits per heavy atom. The molecule has 1 aromatic carbocycles. The summed E-state index contributed by atoms with van der Waals surface area (Å²) in [5, 5.41) is 0. The SMILES string of the molecule is COc1ccc2c(c1)CN(C(=O)/C=C/c1ccco1)CC2. The number of amides is 1. The normalized spacial score (nSPS) is 14.2. The Morgan fingerprint density at radius 3 is 3.00 bits per heavy atom. The highest BCUT2D eigenvalue weighted by molar-refractivity contribution is 5.91. The fraction of sp³-hybridized carbons (Fsp3) is 0.235. The lowest BCUT2D eigenvalue weighted by molar-refractivity contribution is -0.126. The number of carbonyl (C=O) groups is 1. The van der Waals surface area contributed by atoms with Crippen LogP contribution in [0, 0.1) is 0 Å². The van der Waals surface area contributed by atoms with Crippen LogP contribution < -0.4 is 4.74 Å². The molecule has 1 aromatic heterocycles.